The molecule has 1 aliphatic heterocycles. The van der Waals surface area contributed by atoms with E-state index in [0.717, 1.165) is 5.82 Å². The molecule has 160 valence electrons. The van der Waals surface area contributed by atoms with Gasteiger partial charge in [0, 0.05) is 38.4 Å². The summed E-state index contributed by atoms with van der Waals surface area (Å²) in [6.45, 7) is 4.14. The highest BCUT2D eigenvalue weighted by Crippen LogP contribution is 2.29. The molecule has 0 saturated carbocycles. The summed E-state index contributed by atoms with van der Waals surface area (Å²) in [5.41, 5.74) is 0.508. The lowest BCUT2D eigenvalue weighted by Gasteiger charge is -2.35. The fourth-order valence-corrected chi connectivity index (χ4v) is 3.16. The van der Waals surface area contributed by atoms with Gasteiger partial charge >= 0.3 is 6.03 Å². The van der Waals surface area contributed by atoms with Crippen molar-refractivity contribution in [1.82, 2.24) is 15.2 Å². The van der Waals surface area contributed by atoms with E-state index in [0.29, 0.717) is 43.4 Å². The molecule has 1 saturated heterocycles. The van der Waals surface area contributed by atoms with Crippen molar-refractivity contribution in [1.29, 1.82) is 0 Å². The molecule has 0 aliphatic carbocycles. The second-order valence-corrected chi connectivity index (χ2v) is 6.89. The van der Waals surface area contributed by atoms with Gasteiger partial charge in [-0.2, -0.15) is 0 Å². The third-order valence-corrected chi connectivity index (χ3v) is 4.94. The summed E-state index contributed by atoms with van der Waals surface area (Å²) in [6.07, 6.45) is 1.76. The minimum Gasteiger partial charge on any atom is -0.497 e. The molecule has 3 amide bonds. The van der Waals surface area contributed by atoms with Crippen LogP contribution in [0.4, 0.5) is 16.3 Å². The Labute approximate surface area is 176 Å². The minimum atomic E-state index is -0.710. The number of rotatable bonds is 6. The van der Waals surface area contributed by atoms with Gasteiger partial charge in [0.2, 0.25) is 5.91 Å². The van der Waals surface area contributed by atoms with Crippen LogP contribution in [-0.4, -0.2) is 68.3 Å². The zero-order valence-corrected chi connectivity index (χ0v) is 17.4. The van der Waals surface area contributed by atoms with Crippen LogP contribution in [0.1, 0.15) is 6.92 Å². The van der Waals surface area contributed by atoms with Crippen LogP contribution in [0.15, 0.2) is 42.6 Å². The van der Waals surface area contributed by atoms with Crippen LogP contribution >= 0.6 is 0 Å². The molecule has 2 aromatic rings. The fraction of sp³-hybridized carbons (Fsp3) is 0.381. The second kappa shape index (κ2) is 9.82. The van der Waals surface area contributed by atoms with E-state index in [1.54, 1.807) is 43.3 Å². The lowest BCUT2D eigenvalue weighted by atomic mass is 10.2. The molecule has 9 heteroatoms. The number of piperazine rings is 1. The summed E-state index contributed by atoms with van der Waals surface area (Å²) in [4.78, 5) is 33.3. The monoisotopic (exact) mass is 413 g/mol. The van der Waals surface area contributed by atoms with E-state index in [2.05, 4.69) is 20.5 Å². The summed E-state index contributed by atoms with van der Waals surface area (Å²) in [5.74, 6) is 1.67. The average molecular weight is 413 g/mol. The van der Waals surface area contributed by atoms with E-state index < -0.39 is 6.04 Å². The number of nitrogens with zero attached hydrogens (tertiary/aromatic N) is 3. The predicted octanol–water partition coefficient (Wildman–Crippen LogP) is 1.96. The van der Waals surface area contributed by atoms with Crippen molar-refractivity contribution in [3.05, 3.63) is 42.6 Å². The quantitative estimate of drug-likeness (QED) is 0.752. The Hall–Kier alpha value is -3.49. The molecule has 2 heterocycles. The van der Waals surface area contributed by atoms with E-state index in [1.165, 1.54) is 7.11 Å². The van der Waals surface area contributed by atoms with Gasteiger partial charge in [-0.05, 0) is 31.2 Å². The highest BCUT2D eigenvalue weighted by molar-refractivity contribution is 5.97. The number of pyridine rings is 1. The third-order valence-electron chi connectivity index (χ3n) is 4.94. The summed E-state index contributed by atoms with van der Waals surface area (Å²) >= 11 is 0. The van der Waals surface area contributed by atoms with Crippen LogP contribution in [-0.2, 0) is 4.79 Å². The zero-order valence-electron chi connectivity index (χ0n) is 17.4. The molecule has 0 bridgehead atoms. The zero-order chi connectivity index (χ0) is 21.5. The number of urea groups is 1. The fourth-order valence-electron chi connectivity index (χ4n) is 3.16. The summed E-state index contributed by atoms with van der Waals surface area (Å²) < 4.78 is 10.4. The summed E-state index contributed by atoms with van der Waals surface area (Å²) in [5, 5.41) is 5.54. The highest BCUT2D eigenvalue weighted by Gasteiger charge is 2.25. The van der Waals surface area contributed by atoms with Gasteiger partial charge in [0.25, 0.3) is 0 Å². The first-order valence-corrected chi connectivity index (χ1v) is 9.76. The third kappa shape index (κ3) is 5.11. The first kappa shape index (κ1) is 21.2. The smallest absolute Gasteiger partial charge is 0.318 e. The van der Waals surface area contributed by atoms with Crippen molar-refractivity contribution in [2.24, 2.45) is 0 Å². The van der Waals surface area contributed by atoms with Gasteiger partial charge in [0.15, 0.2) is 0 Å². The summed E-state index contributed by atoms with van der Waals surface area (Å²) in [7, 11) is 3.07. The first-order valence-electron chi connectivity index (χ1n) is 9.76. The number of hydrogen-bond donors (Lipinski definition) is 2. The molecular weight excluding hydrogens is 386 g/mol. The molecule has 0 spiro atoms. The Morgan fingerprint density at radius 3 is 2.47 bits per heavy atom. The molecule has 2 N–H and O–H groups in total. The van der Waals surface area contributed by atoms with E-state index in [4.69, 9.17) is 9.47 Å². The number of hydrogen-bond acceptors (Lipinski definition) is 6. The van der Waals surface area contributed by atoms with Crippen LogP contribution in [0.2, 0.25) is 0 Å². The van der Waals surface area contributed by atoms with Crippen LogP contribution in [0.5, 0.6) is 11.5 Å². The number of aromatic nitrogens is 1. The Bertz CT molecular complexity index is 869. The number of amides is 3. The van der Waals surface area contributed by atoms with Crippen molar-refractivity contribution in [3.8, 4) is 11.5 Å². The molecule has 1 fully saturated rings. The SMILES string of the molecule is COc1ccc(NC(=O)[C@@H](C)NC(=O)N2CCN(c3ccccn3)CC2)c(OC)c1. The Morgan fingerprint density at radius 2 is 1.83 bits per heavy atom. The molecule has 3 rings (SSSR count). The number of carbonyl (C=O) groups excluding carboxylic acids is 2. The average Bonchev–Trinajstić information content (AvgIpc) is 2.79. The van der Waals surface area contributed by atoms with Crippen molar-refractivity contribution >= 4 is 23.4 Å². The van der Waals surface area contributed by atoms with Gasteiger partial charge in [-0.1, -0.05) is 6.07 Å². The van der Waals surface area contributed by atoms with Crippen LogP contribution in [0.3, 0.4) is 0 Å². The number of ether oxygens (including phenoxy) is 2. The van der Waals surface area contributed by atoms with E-state index in [1.807, 2.05) is 18.2 Å². The number of nitrogens with one attached hydrogen (secondary N) is 2. The molecular formula is C21H27N5O4. The molecule has 1 atom stereocenters. The van der Waals surface area contributed by atoms with E-state index >= 15 is 0 Å². The maximum absolute atomic E-state index is 12.6. The lowest BCUT2D eigenvalue weighted by Crippen LogP contribution is -2.54. The van der Waals surface area contributed by atoms with Gasteiger partial charge in [-0.3, -0.25) is 4.79 Å². The minimum absolute atomic E-state index is 0.264. The van der Waals surface area contributed by atoms with Crippen LogP contribution in [0.25, 0.3) is 0 Å². The number of carbonyl (C=O) groups is 2. The molecule has 0 unspecified atom stereocenters. The van der Waals surface area contributed by atoms with Gasteiger partial charge in [-0.15, -0.1) is 0 Å². The first-order chi connectivity index (χ1) is 14.5. The van der Waals surface area contributed by atoms with Gasteiger partial charge < -0.3 is 29.9 Å². The normalized spacial score (nSPS) is 14.6. The number of benzene rings is 1. The molecule has 30 heavy (non-hydrogen) atoms. The van der Waals surface area contributed by atoms with E-state index in [-0.39, 0.29) is 11.9 Å². The second-order valence-electron chi connectivity index (χ2n) is 6.89. The van der Waals surface area contributed by atoms with Crippen molar-refractivity contribution in [3.63, 3.8) is 0 Å². The maximum atomic E-state index is 12.6. The van der Waals surface area contributed by atoms with Crippen molar-refractivity contribution < 1.29 is 19.1 Å². The lowest BCUT2D eigenvalue weighted by molar-refractivity contribution is -0.117. The predicted molar refractivity (Wildman–Crippen MR) is 114 cm³/mol. The Balaban J connectivity index is 1.51. The largest absolute Gasteiger partial charge is 0.497 e. The van der Waals surface area contributed by atoms with E-state index in [9.17, 15) is 9.59 Å². The van der Waals surface area contributed by atoms with Gasteiger partial charge in [0.05, 0.1) is 19.9 Å². The maximum Gasteiger partial charge on any atom is 0.318 e. The number of methoxy groups -OCH3 is 2. The highest BCUT2D eigenvalue weighted by atomic mass is 16.5. The van der Waals surface area contributed by atoms with Crippen molar-refractivity contribution in [2.45, 2.75) is 13.0 Å². The summed E-state index contributed by atoms with van der Waals surface area (Å²) in [6, 6.07) is 9.90. The van der Waals surface area contributed by atoms with Crippen LogP contribution in [0, 0.1) is 0 Å². The van der Waals surface area contributed by atoms with Crippen molar-refractivity contribution in [2.75, 3.05) is 50.6 Å². The molecule has 1 aromatic heterocycles. The molecule has 9 nitrogen and oxygen atoms in total. The van der Waals surface area contributed by atoms with Gasteiger partial charge in [-0.25, -0.2) is 9.78 Å². The Kier molecular flexibility index (Phi) is 6.95. The molecule has 1 aliphatic rings. The topological polar surface area (TPSA) is 96.0 Å². The Morgan fingerprint density at radius 1 is 1.07 bits per heavy atom. The van der Waals surface area contributed by atoms with Crippen LogP contribution < -0.4 is 25.0 Å². The standard InChI is InChI=1S/C21H27N5O4/c1-15(20(27)24-17-8-7-16(29-2)14-18(17)30-3)23-21(28)26-12-10-25(11-13-26)19-6-4-5-9-22-19/h4-9,14-15H,10-13H2,1-3H3,(H,23,28)(H,24,27)/t15-/m1/s1. The molecule has 0 radical (unpaired) electrons. The number of anilines is 2. The van der Waals surface area contributed by atoms with Gasteiger partial charge in [0.1, 0.15) is 23.4 Å². The molecule has 1 aromatic carbocycles.